The Labute approximate surface area is 138 Å². The maximum absolute atomic E-state index is 10.2. The van der Waals surface area contributed by atoms with Crippen molar-refractivity contribution in [3.05, 3.63) is 0 Å². The Hall–Kier alpha value is -0.0100. The van der Waals surface area contributed by atoms with Gasteiger partial charge in [0.1, 0.15) is 36.6 Å². The molecule has 0 amide bonds. The van der Waals surface area contributed by atoms with E-state index in [-0.39, 0.29) is 0 Å². The van der Waals surface area contributed by atoms with Crippen molar-refractivity contribution in [1.82, 2.24) is 0 Å². The van der Waals surface area contributed by atoms with Crippen LogP contribution in [0.5, 0.6) is 0 Å². The summed E-state index contributed by atoms with van der Waals surface area (Å²) in [5, 5.41) is 49.5. The van der Waals surface area contributed by atoms with Gasteiger partial charge in [-0.05, 0) is 6.26 Å². The fourth-order valence-electron chi connectivity index (χ4n) is 2.69. The Balaban J connectivity index is 2.07. The standard InChI is InChI=1S/C13H24O9S/c1-19-12-10(18)11(8(16)5(3-14)20-12)22-13-9(17)7(15)6(21-13)4-23-2/h5-18H,3-4H2,1-2H3/t5?,6-,7?,8+,9+,10?,11+,12-,13+/m1/s1. The molecule has 0 aliphatic carbocycles. The van der Waals surface area contributed by atoms with Crippen LogP contribution in [0, 0.1) is 0 Å². The van der Waals surface area contributed by atoms with Crippen LogP contribution in [0.2, 0.25) is 0 Å². The van der Waals surface area contributed by atoms with E-state index in [9.17, 15) is 25.5 Å². The summed E-state index contributed by atoms with van der Waals surface area (Å²) in [6.45, 7) is -0.501. The van der Waals surface area contributed by atoms with Crippen LogP contribution in [-0.2, 0) is 18.9 Å². The van der Waals surface area contributed by atoms with Crippen molar-refractivity contribution in [2.45, 2.75) is 55.3 Å². The normalized spacial score (nSPS) is 47.9. The molecule has 2 heterocycles. The first kappa shape index (κ1) is 19.3. The van der Waals surface area contributed by atoms with Crippen molar-refractivity contribution in [3.8, 4) is 0 Å². The smallest absolute Gasteiger partial charge is 0.187 e. The molecule has 9 nitrogen and oxygen atoms in total. The molecule has 9 atom stereocenters. The lowest BCUT2D eigenvalue weighted by Gasteiger charge is -2.42. The first-order valence-corrected chi connectivity index (χ1v) is 8.65. The molecule has 0 aromatic rings. The van der Waals surface area contributed by atoms with Crippen molar-refractivity contribution >= 4 is 11.8 Å². The zero-order valence-electron chi connectivity index (χ0n) is 12.9. The monoisotopic (exact) mass is 356 g/mol. The SMILES string of the molecule is CO[C@@H]1OC(CO)[C@H](O)[C@H](O[C@@H]2O[C@H](CSC)C(O)[C@@H]2O)C1O. The van der Waals surface area contributed by atoms with Gasteiger partial charge in [0.15, 0.2) is 12.6 Å². The van der Waals surface area contributed by atoms with E-state index >= 15 is 0 Å². The molecule has 2 fully saturated rings. The zero-order valence-corrected chi connectivity index (χ0v) is 13.7. The molecule has 10 heteroatoms. The molecular weight excluding hydrogens is 332 g/mol. The van der Waals surface area contributed by atoms with Crippen LogP contribution in [0.25, 0.3) is 0 Å². The minimum Gasteiger partial charge on any atom is -0.394 e. The largest absolute Gasteiger partial charge is 0.394 e. The average molecular weight is 356 g/mol. The van der Waals surface area contributed by atoms with Gasteiger partial charge >= 0.3 is 0 Å². The van der Waals surface area contributed by atoms with Crippen molar-refractivity contribution in [2.24, 2.45) is 0 Å². The van der Waals surface area contributed by atoms with Gasteiger partial charge in [0, 0.05) is 12.9 Å². The third-order valence-electron chi connectivity index (χ3n) is 3.99. The number of rotatable bonds is 6. The Morgan fingerprint density at radius 3 is 2.13 bits per heavy atom. The molecule has 0 saturated carbocycles. The molecule has 2 rings (SSSR count). The van der Waals surface area contributed by atoms with Gasteiger partial charge in [-0.15, -0.1) is 0 Å². The van der Waals surface area contributed by atoms with Gasteiger partial charge in [0.2, 0.25) is 0 Å². The lowest BCUT2D eigenvalue weighted by atomic mass is 9.99. The molecule has 3 unspecified atom stereocenters. The molecule has 5 N–H and O–H groups in total. The van der Waals surface area contributed by atoms with E-state index < -0.39 is 61.9 Å². The highest BCUT2D eigenvalue weighted by atomic mass is 32.2. The number of ether oxygens (including phenoxy) is 4. The quantitative estimate of drug-likeness (QED) is 0.341. The van der Waals surface area contributed by atoms with Crippen LogP contribution in [0.1, 0.15) is 0 Å². The average Bonchev–Trinajstić information content (AvgIpc) is 2.80. The van der Waals surface area contributed by atoms with Crippen LogP contribution in [0.15, 0.2) is 0 Å². The van der Waals surface area contributed by atoms with Crippen molar-refractivity contribution in [2.75, 3.05) is 25.7 Å². The number of aliphatic hydroxyl groups excluding tert-OH is 5. The maximum Gasteiger partial charge on any atom is 0.187 e. The summed E-state index contributed by atoms with van der Waals surface area (Å²) in [5.41, 5.74) is 0. The summed E-state index contributed by atoms with van der Waals surface area (Å²) in [4.78, 5) is 0. The summed E-state index contributed by atoms with van der Waals surface area (Å²) in [5.74, 6) is 0.455. The van der Waals surface area contributed by atoms with E-state index in [1.807, 2.05) is 6.26 Å². The third kappa shape index (κ3) is 3.98. The lowest BCUT2D eigenvalue weighted by Crippen LogP contribution is -2.61. The highest BCUT2D eigenvalue weighted by Crippen LogP contribution is 2.30. The van der Waals surface area contributed by atoms with E-state index in [4.69, 9.17) is 18.9 Å². The molecular formula is C13H24O9S. The minimum absolute atomic E-state index is 0.455. The molecule has 23 heavy (non-hydrogen) atoms. The topological polar surface area (TPSA) is 138 Å². The third-order valence-corrected chi connectivity index (χ3v) is 4.66. The minimum atomic E-state index is -1.36. The molecule has 0 aromatic carbocycles. The van der Waals surface area contributed by atoms with E-state index in [1.54, 1.807) is 0 Å². The predicted molar refractivity (Wildman–Crippen MR) is 78.7 cm³/mol. The number of hydrogen-bond acceptors (Lipinski definition) is 10. The summed E-state index contributed by atoms with van der Waals surface area (Å²) in [6.07, 6.45) is -8.50. The molecule has 0 radical (unpaired) electrons. The van der Waals surface area contributed by atoms with Crippen LogP contribution in [0.4, 0.5) is 0 Å². The van der Waals surface area contributed by atoms with Crippen LogP contribution in [-0.4, -0.2) is 107 Å². The fourth-order valence-corrected chi connectivity index (χ4v) is 3.30. The summed E-state index contributed by atoms with van der Waals surface area (Å²) in [7, 11) is 1.30. The van der Waals surface area contributed by atoms with Crippen LogP contribution >= 0.6 is 11.8 Å². The molecule has 2 aliphatic rings. The highest BCUT2D eigenvalue weighted by molar-refractivity contribution is 7.98. The molecule has 2 saturated heterocycles. The second-order valence-electron chi connectivity index (χ2n) is 5.52. The Bertz CT molecular complexity index is 357. The first-order chi connectivity index (χ1) is 10.9. The number of hydrogen-bond donors (Lipinski definition) is 5. The van der Waals surface area contributed by atoms with E-state index in [0.29, 0.717) is 5.75 Å². The summed E-state index contributed by atoms with van der Waals surface area (Å²) in [6, 6.07) is 0. The molecule has 0 spiro atoms. The molecule has 2 aliphatic heterocycles. The molecule has 0 bridgehead atoms. The van der Waals surface area contributed by atoms with Gasteiger partial charge in [-0.25, -0.2) is 0 Å². The van der Waals surface area contributed by atoms with E-state index in [0.717, 1.165) is 0 Å². The highest BCUT2D eigenvalue weighted by Gasteiger charge is 2.50. The zero-order chi connectivity index (χ0) is 17.1. The van der Waals surface area contributed by atoms with E-state index in [1.165, 1.54) is 18.9 Å². The second-order valence-corrected chi connectivity index (χ2v) is 6.43. The summed E-state index contributed by atoms with van der Waals surface area (Å²) >= 11 is 1.44. The van der Waals surface area contributed by atoms with Gasteiger partial charge in [0.05, 0.1) is 12.7 Å². The lowest BCUT2D eigenvalue weighted by molar-refractivity contribution is -0.325. The Kier molecular flexibility index (Phi) is 7.04. The van der Waals surface area contributed by atoms with Gasteiger partial charge in [-0.2, -0.15) is 11.8 Å². The van der Waals surface area contributed by atoms with Crippen molar-refractivity contribution < 1.29 is 44.5 Å². The van der Waals surface area contributed by atoms with Gasteiger partial charge in [-0.3, -0.25) is 0 Å². The Morgan fingerprint density at radius 1 is 0.913 bits per heavy atom. The van der Waals surface area contributed by atoms with Crippen molar-refractivity contribution in [1.29, 1.82) is 0 Å². The first-order valence-electron chi connectivity index (χ1n) is 7.25. The second kappa shape index (κ2) is 8.39. The number of methoxy groups -OCH3 is 1. The number of thioether (sulfide) groups is 1. The van der Waals surface area contributed by atoms with Crippen LogP contribution < -0.4 is 0 Å². The number of aliphatic hydroxyl groups is 5. The van der Waals surface area contributed by atoms with Crippen LogP contribution in [0.3, 0.4) is 0 Å². The van der Waals surface area contributed by atoms with Crippen molar-refractivity contribution in [3.63, 3.8) is 0 Å². The maximum atomic E-state index is 10.2. The predicted octanol–water partition coefficient (Wildman–Crippen LogP) is -2.73. The molecule has 136 valence electrons. The summed E-state index contributed by atoms with van der Waals surface area (Å²) < 4.78 is 21.1. The van der Waals surface area contributed by atoms with Gasteiger partial charge < -0.3 is 44.5 Å². The fraction of sp³-hybridized carbons (Fsp3) is 1.00. The van der Waals surface area contributed by atoms with E-state index in [2.05, 4.69) is 0 Å². The van der Waals surface area contributed by atoms with Gasteiger partial charge in [-0.1, -0.05) is 0 Å². The molecule has 0 aromatic heterocycles. The van der Waals surface area contributed by atoms with Gasteiger partial charge in [0.25, 0.3) is 0 Å². The Morgan fingerprint density at radius 2 is 1.57 bits per heavy atom.